The number of nitrogens with one attached hydrogen (secondary N) is 1. The van der Waals surface area contributed by atoms with Gasteiger partial charge in [0.2, 0.25) is 5.95 Å². The summed E-state index contributed by atoms with van der Waals surface area (Å²) in [5, 5.41) is 3.37. The van der Waals surface area contributed by atoms with Gasteiger partial charge in [-0.15, -0.1) is 0 Å². The van der Waals surface area contributed by atoms with Crippen molar-refractivity contribution < 1.29 is 0 Å². The van der Waals surface area contributed by atoms with Crippen LogP contribution in [0.25, 0.3) is 0 Å². The van der Waals surface area contributed by atoms with E-state index in [1.807, 2.05) is 19.2 Å². The summed E-state index contributed by atoms with van der Waals surface area (Å²) in [5.74, 6) is 1.50. The molecule has 0 saturated heterocycles. The van der Waals surface area contributed by atoms with Gasteiger partial charge in [0.15, 0.2) is 0 Å². The van der Waals surface area contributed by atoms with Crippen molar-refractivity contribution in [1.82, 2.24) is 9.97 Å². The van der Waals surface area contributed by atoms with E-state index in [0.717, 1.165) is 31.1 Å². The third-order valence-corrected chi connectivity index (χ3v) is 4.88. The standard InChI is InChI=1S/C23H29N5/c1-5-28(6-2)20-12-13-21(18(3)16-20)25-23-24-15-14-22(26-23)27(4)17-19-10-8-7-9-11-19/h7-16H,5-6,17H2,1-4H3,(H,24,25,26). The molecule has 0 aliphatic rings. The smallest absolute Gasteiger partial charge is 0.229 e. The molecule has 0 amide bonds. The summed E-state index contributed by atoms with van der Waals surface area (Å²) >= 11 is 0. The first-order chi connectivity index (χ1) is 13.6. The van der Waals surface area contributed by atoms with Crippen LogP contribution in [0.3, 0.4) is 0 Å². The van der Waals surface area contributed by atoms with Crippen molar-refractivity contribution in [3.05, 3.63) is 71.9 Å². The zero-order valence-corrected chi connectivity index (χ0v) is 17.2. The van der Waals surface area contributed by atoms with E-state index in [1.165, 1.54) is 16.8 Å². The number of anilines is 4. The largest absolute Gasteiger partial charge is 0.372 e. The van der Waals surface area contributed by atoms with Gasteiger partial charge in [-0.2, -0.15) is 4.98 Å². The highest BCUT2D eigenvalue weighted by Gasteiger charge is 2.09. The third-order valence-electron chi connectivity index (χ3n) is 4.88. The average Bonchev–Trinajstić information content (AvgIpc) is 2.72. The fourth-order valence-corrected chi connectivity index (χ4v) is 3.25. The summed E-state index contributed by atoms with van der Waals surface area (Å²) in [5.41, 5.74) is 4.70. The number of aromatic nitrogens is 2. The second-order valence-corrected chi connectivity index (χ2v) is 6.88. The van der Waals surface area contributed by atoms with Crippen LogP contribution < -0.4 is 15.1 Å². The van der Waals surface area contributed by atoms with E-state index in [-0.39, 0.29) is 0 Å². The van der Waals surface area contributed by atoms with Crippen molar-refractivity contribution >= 4 is 23.1 Å². The number of rotatable bonds is 8. The lowest BCUT2D eigenvalue weighted by Gasteiger charge is -2.22. The summed E-state index contributed by atoms with van der Waals surface area (Å²) in [6, 6.07) is 18.8. The van der Waals surface area contributed by atoms with Crippen LogP contribution in [0, 0.1) is 6.92 Å². The maximum atomic E-state index is 4.69. The molecule has 3 rings (SSSR count). The molecule has 0 spiro atoms. The van der Waals surface area contributed by atoms with Gasteiger partial charge in [0, 0.05) is 44.3 Å². The Morgan fingerprint density at radius 2 is 1.71 bits per heavy atom. The SMILES string of the molecule is CCN(CC)c1ccc(Nc2nccc(N(C)Cc3ccccc3)n2)c(C)c1. The van der Waals surface area contributed by atoms with E-state index in [2.05, 4.69) is 88.3 Å². The van der Waals surface area contributed by atoms with Crippen LogP contribution in [0.5, 0.6) is 0 Å². The number of benzene rings is 2. The Kier molecular flexibility index (Phi) is 6.48. The zero-order valence-electron chi connectivity index (χ0n) is 17.2. The first-order valence-corrected chi connectivity index (χ1v) is 9.81. The van der Waals surface area contributed by atoms with Crippen LogP contribution in [0.2, 0.25) is 0 Å². The number of aryl methyl sites for hydroxylation is 1. The maximum Gasteiger partial charge on any atom is 0.229 e. The first-order valence-electron chi connectivity index (χ1n) is 9.81. The second kappa shape index (κ2) is 9.22. The zero-order chi connectivity index (χ0) is 19.9. The molecule has 1 heterocycles. The van der Waals surface area contributed by atoms with Gasteiger partial charge in [0.25, 0.3) is 0 Å². The monoisotopic (exact) mass is 375 g/mol. The van der Waals surface area contributed by atoms with Gasteiger partial charge < -0.3 is 15.1 Å². The lowest BCUT2D eigenvalue weighted by molar-refractivity contribution is 0.865. The fraction of sp³-hybridized carbons (Fsp3) is 0.304. The van der Waals surface area contributed by atoms with Crippen molar-refractivity contribution in [1.29, 1.82) is 0 Å². The van der Waals surface area contributed by atoms with Gasteiger partial charge in [-0.3, -0.25) is 0 Å². The minimum absolute atomic E-state index is 0.608. The third kappa shape index (κ3) is 4.80. The summed E-state index contributed by atoms with van der Waals surface area (Å²) in [4.78, 5) is 13.5. The molecular formula is C23H29N5. The Morgan fingerprint density at radius 3 is 2.39 bits per heavy atom. The van der Waals surface area contributed by atoms with Crippen molar-refractivity contribution in [3.8, 4) is 0 Å². The van der Waals surface area contributed by atoms with Gasteiger partial charge in [0.1, 0.15) is 5.82 Å². The number of hydrogen-bond acceptors (Lipinski definition) is 5. The Labute approximate surface area is 168 Å². The molecule has 0 unspecified atom stereocenters. The highest BCUT2D eigenvalue weighted by atomic mass is 15.2. The minimum Gasteiger partial charge on any atom is -0.372 e. The molecule has 0 atom stereocenters. The van der Waals surface area contributed by atoms with Crippen LogP contribution in [0.1, 0.15) is 25.0 Å². The molecule has 0 fully saturated rings. The molecule has 5 heteroatoms. The molecular weight excluding hydrogens is 346 g/mol. The molecule has 2 aromatic carbocycles. The van der Waals surface area contributed by atoms with Gasteiger partial charge in [-0.1, -0.05) is 30.3 Å². The van der Waals surface area contributed by atoms with Crippen LogP contribution in [0.4, 0.5) is 23.1 Å². The quantitative estimate of drug-likeness (QED) is 0.599. The van der Waals surface area contributed by atoms with E-state index in [1.54, 1.807) is 6.20 Å². The van der Waals surface area contributed by atoms with E-state index in [0.29, 0.717) is 5.95 Å². The van der Waals surface area contributed by atoms with Gasteiger partial charge in [0.05, 0.1) is 0 Å². The normalized spacial score (nSPS) is 10.6. The Bertz CT molecular complexity index is 891. The minimum atomic E-state index is 0.608. The predicted octanol–water partition coefficient (Wildman–Crippen LogP) is 5.01. The first kappa shape index (κ1) is 19.7. The Hall–Kier alpha value is -3.08. The van der Waals surface area contributed by atoms with Crippen LogP contribution in [-0.2, 0) is 6.54 Å². The van der Waals surface area contributed by atoms with E-state index < -0.39 is 0 Å². The van der Waals surface area contributed by atoms with Gasteiger partial charge in [-0.05, 0) is 56.2 Å². The Balaban J connectivity index is 1.74. The van der Waals surface area contributed by atoms with Gasteiger partial charge in [-0.25, -0.2) is 4.98 Å². The molecule has 1 aromatic heterocycles. The molecule has 0 saturated carbocycles. The molecule has 146 valence electrons. The fourth-order valence-electron chi connectivity index (χ4n) is 3.25. The summed E-state index contributed by atoms with van der Waals surface area (Å²) in [6.45, 7) is 9.27. The molecule has 0 aliphatic carbocycles. The lowest BCUT2D eigenvalue weighted by atomic mass is 10.1. The number of hydrogen-bond donors (Lipinski definition) is 1. The van der Waals surface area contributed by atoms with Crippen molar-refractivity contribution in [2.24, 2.45) is 0 Å². The van der Waals surface area contributed by atoms with E-state index in [9.17, 15) is 0 Å². The topological polar surface area (TPSA) is 44.3 Å². The van der Waals surface area contributed by atoms with Crippen molar-refractivity contribution in [2.45, 2.75) is 27.3 Å². The van der Waals surface area contributed by atoms with E-state index in [4.69, 9.17) is 0 Å². The van der Waals surface area contributed by atoms with E-state index >= 15 is 0 Å². The molecule has 3 aromatic rings. The van der Waals surface area contributed by atoms with Crippen LogP contribution >= 0.6 is 0 Å². The van der Waals surface area contributed by atoms with Crippen molar-refractivity contribution in [2.75, 3.05) is 35.3 Å². The highest BCUT2D eigenvalue weighted by Crippen LogP contribution is 2.25. The molecule has 0 bridgehead atoms. The predicted molar refractivity (Wildman–Crippen MR) is 119 cm³/mol. The maximum absolute atomic E-state index is 4.69. The molecule has 0 radical (unpaired) electrons. The van der Waals surface area contributed by atoms with Crippen molar-refractivity contribution in [3.63, 3.8) is 0 Å². The van der Waals surface area contributed by atoms with Crippen LogP contribution in [-0.4, -0.2) is 30.1 Å². The average molecular weight is 376 g/mol. The molecule has 0 aliphatic heterocycles. The summed E-state index contributed by atoms with van der Waals surface area (Å²) < 4.78 is 0. The molecule has 5 nitrogen and oxygen atoms in total. The summed E-state index contributed by atoms with van der Waals surface area (Å²) in [6.07, 6.45) is 1.80. The molecule has 28 heavy (non-hydrogen) atoms. The number of nitrogens with zero attached hydrogens (tertiary/aromatic N) is 4. The highest BCUT2D eigenvalue weighted by molar-refractivity contribution is 5.64. The second-order valence-electron chi connectivity index (χ2n) is 6.88. The van der Waals surface area contributed by atoms with Gasteiger partial charge >= 0.3 is 0 Å². The Morgan fingerprint density at radius 1 is 0.964 bits per heavy atom. The lowest BCUT2D eigenvalue weighted by Crippen LogP contribution is -2.21. The molecule has 1 N–H and O–H groups in total. The summed E-state index contributed by atoms with van der Waals surface area (Å²) in [7, 11) is 2.04. The van der Waals surface area contributed by atoms with Crippen LogP contribution in [0.15, 0.2) is 60.8 Å².